The molecular formula is C19H20ClN3O5. The number of ether oxygens (including phenoxy) is 2. The van der Waals surface area contributed by atoms with Crippen LogP contribution in [0.2, 0.25) is 5.15 Å². The molecule has 0 saturated carbocycles. The minimum absolute atomic E-state index is 0.0939. The molecule has 3 heterocycles. The molecule has 2 aromatic rings. The molecule has 3 rings (SSSR count). The third-order valence-electron chi connectivity index (χ3n) is 4.00. The molecule has 0 aliphatic carbocycles. The van der Waals surface area contributed by atoms with E-state index in [0.717, 1.165) is 0 Å². The summed E-state index contributed by atoms with van der Waals surface area (Å²) in [7, 11) is 0. The van der Waals surface area contributed by atoms with Crippen LogP contribution in [0.5, 0.6) is 5.75 Å². The van der Waals surface area contributed by atoms with Gasteiger partial charge in [0.05, 0.1) is 26.0 Å². The van der Waals surface area contributed by atoms with Crippen molar-refractivity contribution in [3.8, 4) is 5.75 Å². The van der Waals surface area contributed by atoms with Crippen LogP contribution in [-0.2, 0) is 14.3 Å². The summed E-state index contributed by atoms with van der Waals surface area (Å²) in [5, 5.41) is 2.84. The van der Waals surface area contributed by atoms with Gasteiger partial charge in [-0.3, -0.25) is 9.59 Å². The van der Waals surface area contributed by atoms with E-state index in [9.17, 15) is 9.59 Å². The fourth-order valence-corrected chi connectivity index (χ4v) is 2.76. The van der Waals surface area contributed by atoms with Crippen molar-refractivity contribution in [2.24, 2.45) is 0 Å². The van der Waals surface area contributed by atoms with E-state index in [4.69, 9.17) is 25.5 Å². The highest BCUT2D eigenvalue weighted by atomic mass is 35.5. The van der Waals surface area contributed by atoms with Crippen LogP contribution in [0, 0.1) is 0 Å². The number of halogens is 1. The smallest absolute Gasteiger partial charge is 0.244 e. The fraction of sp³-hybridized carbons (Fsp3) is 0.316. The third-order valence-corrected chi connectivity index (χ3v) is 4.28. The number of hydrogen-bond acceptors (Lipinski definition) is 6. The molecule has 2 amide bonds. The van der Waals surface area contributed by atoms with E-state index < -0.39 is 0 Å². The van der Waals surface area contributed by atoms with Gasteiger partial charge < -0.3 is 24.1 Å². The number of aromatic nitrogens is 1. The Morgan fingerprint density at radius 2 is 2.29 bits per heavy atom. The van der Waals surface area contributed by atoms with E-state index in [2.05, 4.69) is 10.3 Å². The molecule has 1 unspecified atom stereocenters. The second-order valence-corrected chi connectivity index (χ2v) is 6.36. The molecule has 1 atom stereocenters. The number of furan rings is 1. The molecule has 28 heavy (non-hydrogen) atoms. The van der Waals surface area contributed by atoms with Crippen LogP contribution in [0.25, 0.3) is 6.08 Å². The number of carbonyl (C=O) groups excluding carboxylic acids is 2. The summed E-state index contributed by atoms with van der Waals surface area (Å²) in [5.41, 5.74) is 0. The Morgan fingerprint density at radius 1 is 1.39 bits per heavy atom. The quantitative estimate of drug-likeness (QED) is 0.557. The highest BCUT2D eigenvalue weighted by Gasteiger charge is 2.25. The van der Waals surface area contributed by atoms with E-state index in [1.807, 2.05) is 0 Å². The topological polar surface area (TPSA) is 93.9 Å². The van der Waals surface area contributed by atoms with Crippen LogP contribution >= 0.6 is 11.6 Å². The lowest BCUT2D eigenvalue weighted by Crippen LogP contribution is -2.50. The van der Waals surface area contributed by atoms with Gasteiger partial charge in [-0.25, -0.2) is 4.98 Å². The van der Waals surface area contributed by atoms with Crippen molar-refractivity contribution in [2.75, 3.05) is 32.8 Å². The first-order valence-electron chi connectivity index (χ1n) is 8.74. The van der Waals surface area contributed by atoms with Crippen LogP contribution < -0.4 is 10.1 Å². The zero-order chi connectivity index (χ0) is 19.8. The van der Waals surface area contributed by atoms with Crippen molar-refractivity contribution < 1.29 is 23.5 Å². The van der Waals surface area contributed by atoms with Crippen LogP contribution in [-0.4, -0.2) is 60.7 Å². The summed E-state index contributed by atoms with van der Waals surface area (Å²) in [6, 6.07) is 6.89. The van der Waals surface area contributed by atoms with Gasteiger partial charge in [-0.05, 0) is 30.3 Å². The molecular weight excluding hydrogens is 386 g/mol. The highest BCUT2D eigenvalue weighted by molar-refractivity contribution is 6.30. The molecule has 1 aliphatic heterocycles. The van der Waals surface area contributed by atoms with E-state index in [1.165, 1.54) is 18.4 Å². The maximum Gasteiger partial charge on any atom is 0.244 e. The number of nitrogens with zero attached hydrogens (tertiary/aromatic N) is 2. The predicted octanol–water partition coefficient (Wildman–Crippen LogP) is 1.76. The van der Waals surface area contributed by atoms with Crippen molar-refractivity contribution >= 4 is 29.5 Å². The SMILES string of the molecule is O=C(C=Cc1ccco1)NCC(=O)N1CCOC(COc2cccnc2Cl)C1. The molecule has 148 valence electrons. The molecule has 0 radical (unpaired) electrons. The molecule has 1 saturated heterocycles. The Bertz CT molecular complexity index is 825. The first-order chi connectivity index (χ1) is 13.6. The van der Waals surface area contributed by atoms with Gasteiger partial charge in [-0.15, -0.1) is 0 Å². The molecule has 8 nitrogen and oxygen atoms in total. The van der Waals surface area contributed by atoms with Gasteiger partial charge in [0.25, 0.3) is 0 Å². The monoisotopic (exact) mass is 405 g/mol. The first kappa shape index (κ1) is 19.9. The van der Waals surface area contributed by atoms with Gasteiger partial charge in [-0.2, -0.15) is 0 Å². The normalized spacial score (nSPS) is 16.9. The largest absolute Gasteiger partial charge is 0.488 e. The van der Waals surface area contributed by atoms with Crippen molar-refractivity contribution in [1.29, 1.82) is 0 Å². The predicted molar refractivity (Wildman–Crippen MR) is 102 cm³/mol. The fourth-order valence-electron chi connectivity index (χ4n) is 2.59. The molecule has 0 spiro atoms. The van der Waals surface area contributed by atoms with Gasteiger partial charge in [0.1, 0.15) is 18.5 Å². The maximum atomic E-state index is 12.4. The first-order valence-corrected chi connectivity index (χ1v) is 9.12. The van der Waals surface area contributed by atoms with Crippen molar-refractivity contribution in [2.45, 2.75) is 6.10 Å². The molecule has 0 bridgehead atoms. The zero-order valence-corrected chi connectivity index (χ0v) is 15.8. The number of morpholine rings is 1. The number of nitrogens with one attached hydrogen (secondary N) is 1. The summed E-state index contributed by atoms with van der Waals surface area (Å²) in [6.45, 7) is 1.37. The molecule has 9 heteroatoms. The number of pyridine rings is 1. The summed E-state index contributed by atoms with van der Waals surface area (Å²) in [6.07, 6.45) is 5.65. The van der Waals surface area contributed by atoms with Crippen LogP contribution in [0.4, 0.5) is 0 Å². The third kappa shape index (κ3) is 5.83. The second-order valence-electron chi connectivity index (χ2n) is 6.00. The highest BCUT2D eigenvalue weighted by Crippen LogP contribution is 2.21. The Balaban J connectivity index is 1.42. The molecule has 0 aromatic carbocycles. The number of rotatable bonds is 7. The Labute approximate surface area is 167 Å². The van der Waals surface area contributed by atoms with E-state index in [-0.39, 0.29) is 36.2 Å². The van der Waals surface area contributed by atoms with E-state index >= 15 is 0 Å². The summed E-state index contributed by atoms with van der Waals surface area (Å²) < 4.78 is 16.4. The number of amides is 2. The average Bonchev–Trinajstić information content (AvgIpc) is 3.24. The van der Waals surface area contributed by atoms with Crippen LogP contribution in [0.3, 0.4) is 0 Å². The van der Waals surface area contributed by atoms with Crippen LogP contribution in [0.15, 0.2) is 47.2 Å². The van der Waals surface area contributed by atoms with Crippen molar-refractivity contribution in [1.82, 2.24) is 15.2 Å². The standard InChI is InChI=1S/C19H20ClN3O5/c20-19-16(4-1-7-21-19)28-13-15-12-23(8-10-27-15)18(25)11-22-17(24)6-5-14-3-2-9-26-14/h1-7,9,15H,8,10-13H2,(H,22,24). The molecule has 1 fully saturated rings. The Hall–Kier alpha value is -2.84. The Kier molecular flexibility index (Phi) is 7.05. The molecule has 2 aromatic heterocycles. The van der Waals surface area contributed by atoms with Gasteiger partial charge in [0.2, 0.25) is 11.8 Å². The maximum absolute atomic E-state index is 12.4. The van der Waals surface area contributed by atoms with E-state index in [1.54, 1.807) is 35.4 Å². The van der Waals surface area contributed by atoms with Gasteiger partial charge in [-0.1, -0.05) is 11.6 Å². The lowest BCUT2D eigenvalue weighted by molar-refractivity contribution is -0.140. The summed E-state index contributed by atoms with van der Waals surface area (Å²) in [5.74, 6) is 0.467. The van der Waals surface area contributed by atoms with Crippen molar-refractivity contribution in [3.63, 3.8) is 0 Å². The lowest BCUT2D eigenvalue weighted by Gasteiger charge is -2.32. The van der Waals surface area contributed by atoms with E-state index in [0.29, 0.717) is 31.2 Å². The lowest BCUT2D eigenvalue weighted by atomic mass is 10.2. The molecule has 1 aliphatic rings. The minimum Gasteiger partial charge on any atom is -0.488 e. The number of carbonyl (C=O) groups is 2. The van der Waals surface area contributed by atoms with Crippen molar-refractivity contribution in [3.05, 3.63) is 53.7 Å². The summed E-state index contributed by atoms with van der Waals surface area (Å²) in [4.78, 5) is 29.7. The van der Waals surface area contributed by atoms with Crippen LogP contribution in [0.1, 0.15) is 5.76 Å². The molecule has 1 N–H and O–H groups in total. The zero-order valence-electron chi connectivity index (χ0n) is 15.0. The minimum atomic E-state index is -0.371. The summed E-state index contributed by atoms with van der Waals surface area (Å²) >= 11 is 5.96. The second kappa shape index (κ2) is 9.91. The van der Waals surface area contributed by atoms with Gasteiger partial charge >= 0.3 is 0 Å². The Morgan fingerprint density at radius 3 is 3.07 bits per heavy atom. The number of hydrogen-bond donors (Lipinski definition) is 1. The average molecular weight is 406 g/mol. The van der Waals surface area contributed by atoms with Gasteiger partial charge in [0.15, 0.2) is 10.9 Å². The van der Waals surface area contributed by atoms with Gasteiger partial charge in [0, 0.05) is 18.8 Å².